The molecule has 3 heteroatoms. The Kier molecular flexibility index (Phi) is 2.54. The van der Waals surface area contributed by atoms with Gasteiger partial charge in [-0.15, -0.1) is 10.2 Å². The maximum atomic E-state index is 4.10. The highest BCUT2D eigenvalue weighted by Crippen LogP contribution is 2.32. The molecule has 0 amide bonds. The molecule has 0 atom stereocenters. The zero-order chi connectivity index (χ0) is 10.7. The molecule has 0 N–H and O–H groups in total. The Bertz CT molecular complexity index is 481. The number of allylic oxidation sites excluding steroid dienone is 2. The number of aliphatic imine (C=N–C) groups is 1. The van der Waals surface area contributed by atoms with Crippen LogP contribution in [0.4, 0.5) is 5.69 Å². The summed E-state index contributed by atoms with van der Waals surface area (Å²) >= 11 is 0. The molecule has 1 aromatic rings. The number of hydrogen-bond donors (Lipinski definition) is 0. The second-order valence-corrected chi connectivity index (χ2v) is 3.08. The lowest BCUT2D eigenvalue weighted by Crippen LogP contribution is -2.02. The van der Waals surface area contributed by atoms with E-state index in [1.165, 1.54) is 0 Å². The van der Waals surface area contributed by atoms with E-state index in [-0.39, 0.29) is 0 Å². The average molecular weight is 197 g/mol. The van der Waals surface area contributed by atoms with Gasteiger partial charge in [0.05, 0.1) is 5.69 Å². The van der Waals surface area contributed by atoms with Crippen molar-refractivity contribution in [2.24, 2.45) is 15.2 Å². The van der Waals surface area contributed by atoms with E-state index in [0.29, 0.717) is 5.84 Å². The average Bonchev–Trinajstić information content (AvgIpc) is 2.30. The molecule has 0 aromatic heterocycles. The summed E-state index contributed by atoms with van der Waals surface area (Å²) in [6.45, 7) is 3.69. The standard InChI is InChI=1S/C12H11N3/c1-3-6-10-9-7-4-5-8-11(9)14-15-12(10)13-2/h3-8H,1H2,2H3. The van der Waals surface area contributed by atoms with Gasteiger partial charge in [-0.25, -0.2) is 0 Å². The van der Waals surface area contributed by atoms with Crippen LogP contribution in [0.5, 0.6) is 0 Å². The number of nitrogens with zero attached hydrogens (tertiary/aromatic N) is 3. The molecule has 3 nitrogen and oxygen atoms in total. The third-order valence-corrected chi connectivity index (χ3v) is 2.18. The van der Waals surface area contributed by atoms with Crippen LogP contribution in [0.3, 0.4) is 0 Å². The molecule has 1 aliphatic heterocycles. The summed E-state index contributed by atoms with van der Waals surface area (Å²) in [5.74, 6) is 0.647. The maximum absolute atomic E-state index is 4.10. The molecule has 1 aromatic carbocycles. The van der Waals surface area contributed by atoms with Gasteiger partial charge >= 0.3 is 0 Å². The summed E-state index contributed by atoms with van der Waals surface area (Å²) in [6.07, 6.45) is 3.64. The minimum Gasteiger partial charge on any atom is -0.268 e. The fraction of sp³-hybridized carbons (Fsp3) is 0.0833. The van der Waals surface area contributed by atoms with Gasteiger partial charge in [0.25, 0.3) is 0 Å². The van der Waals surface area contributed by atoms with E-state index >= 15 is 0 Å². The minimum atomic E-state index is 0.647. The van der Waals surface area contributed by atoms with Crippen molar-refractivity contribution in [3.63, 3.8) is 0 Å². The molecule has 0 fully saturated rings. The summed E-state index contributed by atoms with van der Waals surface area (Å²) in [6, 6.07) is 7.86. The van der Waals surface area contributed by atoms with Gasteiger partial charge < -0.3 is 0 Å². The zero-order valence-electron chi connectivity index (χ0n) is 8.51. The lowest BCUT2D eigenvalue weighted by atomic mass is 10.0. The van der Waals surface area contributed by atoms with E-state index in [0.717, 1.165) is 16.8 Å². The smallest absolute Gasteiger partial charge is 0.177 e. The molecule has 15 heavy (non-hydrogen) atoms. The van der Waals surface area contributed by atoms with Gasteiger partial charge in [0.2, 0.25) is 0 Å². The Morgan fingerprint density at radius 2 is 2.07 bits per heavy atom. The molecule has 1 aliphatic rings. The van der Waals surface area contributed by atoms with Gasteiger partial charge in [-0.05, 0) is 6.07 Å². The Hall–Kier alpha value is -2.03. The highest BCUT2D eigenvalue weighted by Gasteiger charge is 2.16. The molecule has 0 unspecified atom stereocenters. The molecular formula is C12H11N3. The summed E-state index contributed by atoms with van der Waals surface area (Å²) in [5, 5.41) is 8.15. The van der Waals surface area contributed by atoms with Gasteiger partial charge in [0.1, 0.15) is 0 Å². The summed E-state index contributed by atoms with van der Waals surface area (Å²) in [4.78, 5) is 4.09. The predicted molar refractivity (Wildman–Crippen MR) is 62.5 cm³/mol. The van der Waals surface area contributed by atoms with Crippen molar-refractivity contribution in [1.29, 1.82) is 0 Å². The van der Waals surface area contributed by atoms with Gasteiger partial charge in [0.15, 0.2) is 5.84 Å². The molecule has 0 bridgehead atoms. The quantitative estimate of drug-likeness (QED) is 0.661. The lowest BCUT2D eigenvalue weighted by molar-refractivity contribution is 1.22. The van der Waals surface area contributed by atoms with Crippen LogP contribution in [0.1, 0.15) is 5.56 Å². The Morgan fingerprint density at radius 3 is 2.80 bits per heavy atom. The maximum Gasteiger partial charge on any atom is 0.177 e. The van der Waals surface area contributed by atoms with Gasteiger partial charge in [-0.3, -0.25) is 4.99 Å². The van der Waals surface area contributed by atoms with E-state index in [1.54, 1.807) is 13.1 Å². The monoisotopic (exact) mass is 197 g/mol. The first-order valence-corrected chi connectivity index (χ1v) is 4.68. The number of hydrogen-bond acceptors (Lipinski definition) is 2. The second-order valence-electron chi connectivity index (χ2n) is 3.08. The van der Waals surface area contributed by atoms with Gasteiger partial charge in [-0.2, -0.15) is 0 Å². The molecule has 0 spiro atoms. The van der Waals surface area contributed by atoms with Crippen LogP contribution in [-0.2, 0) is 0 Å². The third kappa shape index (κ3) is 1.64. The first-order chi connectivity index (χ1) is 7.36. The van der Waals surface area contributed by atoms with E-state index in [4.69, 9.17) is 0 Å². The topological polar surface area (TPSA) is 37.1 Å². The third-order valence-electron chi connectivity index (χ3n) is 2.18. The van der Waals surface area contributed by atoms with Crippen molar-refractivity contribution in [1.82, 2.24) is 0 Å². The van der Waals surface area contributed by atoms with Gasteiger partial charge in [0, 0.05) is 18.2 Å². The fourth-order valence-electron chi connectivity index (χ4n) is 1.51. The lowest BCUT2D eigenvalue weighted by Gasteiger charge is -2.12. The van der Waals surface area contributed by atoms with Crippen molar-refractivity contribution < 1.29 is 0 Å². The molecule has 0 radical (unpaired) electrons. The SMILES string of the molecule is C=CC=C1C(=NC)N=Nc2ccccc21. The van der Waals surface area contributed by atoms with Crippen molar-refractivity contribution in [3.05, 3.63) is 48.6 Å². The van der Waals surface area contributed by atoms with Crippen LogP contribution in [-0.4, -0.2) is 12.9 Å². The first-order valence-electron chi connectivity index (χ1n) is 4.68. The summed E-state index contributed by atoms with van der Waals surface area (Å²) < 4.78 is 0. The molecule has 1 heterocycles. The van der Waals surface area contributed by atoms with Crippen molar-refractivity contribution in [2.75, 3.05) is 7.05 Å². The zero-order valence-corrected chi connectivity index (χ0v) is 8.51. The number of amidine groups is 1. The predicted octanol–water partition coefficient (Wildman–Crippen LogP) is 3.38. The highest BCUT2D eigenvalue weighted by atomic mass is 15.2. The van der Waals surface area contributed by atoms with Crippen LogP contribution in [0.2, 0.25) is 0 Å². The van der Waals surface area contributed by atoms with Crippen molar-refractivity contribution >= 4 is 17.1 Å². The molecule has 2 rings (SSSR count). The summed E-state index contributed by atoms with van der Waals surface area (Å²) in [7, 11) is 1.71. The second kappa shape index (κ2) is 4.00. The Labute approximate surface area is 88.6 Å². The number of azo groups is 1. The Balaban J connectivity index is 2.65. The number of benzene rings is 1. The molecular weight excluding hydrogens is 186 g/mol. The molecule has 0 saturated heterocycles. The van der Waals surface area contributed by atoms with Crippen LogP contribution < -0.4 is 0 Å². The molecule has 74 valence electrons. The number of fused-ring (bicyclic) bond motifs is 1. The van der Waals surface area contributed by atoms with Crippen LogP contribution in [0.15, 0.2) is 58.2 Å². The van der Waals surface area contributed by atoms with E-state index in [9.17, 15) is 0 Å². The number of rotatable bonds is 1. The van der Waals surface area contributed by atoms with Crippen LogP contribution in [0.25, 0.3) is 5.57 Å². The van der Waals surface area contributed by atoms with Crippen molar-refractivity contribution in [2.45, 2.75) is 0 Å². The fourth-order valence-corrected chi connectivity index (χ4v) is 1.51. The summed E-state index contributed by atoms with van der Waals surface area (Å²) in [5.41, 5.74) is 2.89. The largest absolute Gasteiger partial charge is 0.268 e. The van der Waals surface area contributed by atoms with Crippen LogP contribution in [0, 0.1) is 0 Å². The van der Waals surface area contributed by atoms with Crippen LogP contribution >= 0.6 is 0 Å². The van der Waals surface area contributed by atoms with E-state index in [1.807, 2.05) is 30.3 Å². The normalized spacial score (nSPS) is 19.3. The van der Waals surface area contributed by atoms with E-state index in [2.05, 4.69) is 21.8 Å². The van der Waals surface area contributed by atoms with Crippen molar-refractivity contribution in [3.8, 4) is 0 Å². The van der Waals surface area contributed by atoms with E-state index < -0.39 is 0 Å². The highest BCUT2D eigenvalue weighted by molar-refractivity contribution is 6.25. The minimum absolute atomic E-state index is 0.647. The molecule has 0 saturated carbocycles. The first kappa shape index (κ1) is 9.52. The Morgan fingerprint density at radius 1 is 1.27 bits per heavy atom. The molecule has 0 aliphatic carbocycles. The van der Waals surface area contributed by atoms with Gasteiger partial charge in [-0.1, -0.05) is 36.9 Å².